The lowest BCUT2D eigenvalue weighted by molar-refractivity contribution is 0.327. The summed E-state index contributed by atoms with van der Waals surface area (Å²) < 4.78 is 17.6. The lowest BCUT2D eigenvalue weighted by Crippen LogP contribution is -2.19. The number of methoxy groups -OCH3 is 3. The highest BCUT2D eigenvalue weighted by atomic mass is 16.5. The molecule has 0 saturated heterocycles. The van der Waals surface area contributed by atoms with Gasteiger partial charge in [-0.25, -0.2) is 0 Å². The minimum absolute atomic E-state index is 0.144. The number of hydrogen-bond donors (Lipinski definition) is 0. The standard InChI is InChI=1S/C16H18N2O4/c1-20-13-10-12-11(14(21-2)15(13)22-3)6-9-18(16(12)19)8-5-4-7-17/h6,9-10H,4-5,8H2,1-3H3. The zero-order valence-corrected chi connectivity index (χ0v) is 12.9. The van der Waals surface area contributed by atoms with E-state index in [1.165, 1.54) is 21.3 Å². The maximum atomic E-state index is 12.6. The van der Waals surface area contributed by atoms with E-state index in [1.54, 1.807) is 16.8 Å². The molecule has 0 atom stereocenters. The lowest BCUT2D eigenvalue weighted by atomic mass is 10.1. The van der Waals surface area contributed by atoms with Crippen molar-refractivity contribution in [3.63, 3.8) is 0 Å². The van der Waals surface area contributed by atoms with Crippen molar-refractivity contribution < 1.29 is 14.2 Å². The number of aryl methyl sites for hydroxylation is 1. The Bertz CT molecular complexity index is 774. The molecule has 0 radical (unpaired) electrons. The van der Waals surface area contributed by atoms with Crippen LogP contribution in [0.1, 0.15) is 12.8 Å². The quantitative estimate of drug-likeness (QED) is 0.766. The maximum Gasteiger partial charge on any atom is 0.258 e. The Kier molecular flexibility index (Phi) is 4.89. The molecule has 6 nitrogen and oxygen atoms in total. The van der Waals surface area contributed by atoms with Crippen molar-refractivity contribution in [1.82, 2.24) is 4.57 Å². The van der Waals surface area contributed by atoms with Gasteiger partial charge >= 0.3 is 0 Å². The van der Waals surface area contributed by atoms with Crippen molar-refractivity contribution >= 4 is 10.8 Å². The second-order valence-corrected chi connectivity index (χ2v) is 4.68. The predicted molar refractivity (Wildman–Crippen MR) is 82.7 cm³/mol. The topological polar surface area (TPSA) is 73.5 Å². The number of pyridine rings is 1. The van der Waals surface area contributed by atoms with Crippen LogP contribution >= 0.6 is 0 Å². The third-order valence-corrected chi connectivity index (χ3v) is 3.47. The Balaban J connectivity index is 2.64. The minimum atomic E-state index is -0.144. The summed E-state index contributed by atoms with van der Waals surface area (Å²) in [5.41, 5.74) is -0.144. The molecule has 6 heteroatoms. The van der Waals surface area contributed by atoms with Gasteiger partial charge in [0.15, 0.2) is 11.5 Å². The number of hydrogen-bond acceptors (Lipinski definition) is 5. The third kappa shape index (κ3) is 2.70. The molecule has 0 spiro atoms. The van der Waals surface area contributed by atoms with Crippen molar-refractivity contribution in [2.24, 2.45) is 0 Å². The van der Waals surface area contributed by atoms with E-state index in [-0.39, 0.29) is 5.56 Å². The fourth-order valence-corrected chi connectivity index (χ4v) is 2.41. The fraction of sp³-hybridized carbons (Fsp3) is 0.375. The van der Waals surface area contributed by atoms with Gasteiger partial charge in [-0.05, 0) is 18.6 Å². The lowest BCUT2D eigenvalue weighted by Gasteiger charge is -2.15. The molecular weight excluding hydrogens is 284 g/mol. The number of nitriles is 1. The van der Waals surface area contributed by atoms with E-state index in [1.807, 2.05) is 6.07 Å². The molecule has 0 aliphatic rings. The van der Waals surface area contributed by atoms with E-state index < -0.39 is 0 Å². The van der Waals surface area contributed by atoms with E-state index in [0.717, 1.165) is 0 Å². The second kappa shape index (κ2) is 6.85. The summed E-state index contributed by atoms with van der Waals surface area (Å²) in [5, 5.41) is 9.76. The Morgan fingerprint density at radius 3 is 2.45 bits per heavy atom. The van der Waals surface area contributed by atoms with Gasteiger partial charge in [0.1, 0.15) is 0 Å². The first-order chi connectivity index (χ1) is 10.7. The van der Waals surface area contributed by atoms with Gasteiger partial charge in [0.25, 0.3) is 5.56 Å². The van der Waals surface area contributed by atoms with Crippen LogP contribution in [0, 0.1) is 11.3 Å². The highest BCUT2D eigenvalue weighted by Crippen LogP contribution is 2.42. The van der Waals surface area contributed by atoms with Crippen LogP contribution < -0.4 is 19.8 Å². The van der Waals surface area contributed by atoms with Crippen molar-refractivity contribution in [3.8, 4) is 23.3 Å². The van der Waals surface area contributed by atoms with Crippen molar-refractivity contribution in [3.05, 3.63) is 28.7 Å². The molecule has 2 rings (SSSR count). The second-order valence-electron chi connectivity index (χ2n) is 4.68. The van der Waals surface area contributed by atoms with Gasteiger partial charge < -0.3 is 18.8 Å². The smallest absolute Gasteiger partial charge is 0.258 e. The summed E-state index contributed by atoms with van der Waals surface area (Å²) in [7, 11) is 4.56. The van der Waals surface area contributed by atoms with E-state index in [2.05, 4.69) is 6.07 Å². The molecular formula is C16H18N2O4. The summed E-state index contributed by atoms with van der Waals surface area (Å²) >= 11 is 0. The number of fused-ring (bicyclic) bond motifs is 1. The Morgan fingerprint density at radius 2 is 1.86 bits per heavy atom. The Morgan fingerprint density at radius 1 is 1.14 bits per heavy atom. The van der Waals surface area contributed by atoms with Gasteiger partial charge in [0, 0.05) is 24.5 Å². The monoisotopic (exact) mass is 302 g/mol. The number of rotatable bonds is 6. The average Bonchev–Trinajstić information content (AvgIpc) is 2.55. The molecule has 0 aliphatic heterocycles. The third-order valence-electron chi connectivity index (χ3n) is 3.47. The van der Waals surface area contributed by atoms with Crippen LogP contribution in [0.3, 0.4) is 0 Å². The molecule has 1 aromatic carbocycles. The molecule has 2 aromatic rings. The largest absolute Gasteiger partial charge is 0.493 e. The molecule has 1 aromatic heterocycles. The number of aromatic nitrogens is 1. The van der Waals surface area contributed by atoms with Crippen molar-refractivity contribution in [1.29, 1.82) is 5.26 Å². The molecule has 0 fully saturated rings. The van der Waals surface area contributed by atoms with Crippen LogP contribution in [0.4, 0.5) is 0 Å². The van der Waals surface area contributed by atoms with E-state index in [4.69, 9.17) is 19.5 Å². The Labute approximate surface area is 128 Å². The van der Waals surface area contributed by atoms with E-state index in [9.17, 15) is 4.79 Å². The van der Waals surface area contributed by atoms with Crippen molar-refractivity contribution in [2.75, 3.05) is 21.3 Å². The zero-order chi connectivity index (χ0) is 16.1. The van der Waals surface area contributed by atoms with Gasteiger partial charge in [-0.2, -0.15) is 5.26 Å². The summed E-state index contributed by atoms with van der Waals surface area (Å²) in [4.78, 5) is 12.6. The first-order valence-electron chi connectivity index (χ1n) is 6.87. The van der Waals surface area contributed by atoms with Crippen LogP contribution in [0.15, 0.2) is 23.1 Å². The first-order valence-corrected chi connectivity index (χ1v) is 6.87. The highest BCUT2D eigenvalue weighted by molar-refractivity contribution is 5.92. The molecule has 0 saturated carbocycles. The normalized spacial score (nSPS) is 10.3. The Hall–Kier alpha value is -2.68. The molecule has 1 heterocycles. The highest BCUT2D eigenvalue weighted by Gasteiger charge is 2.18. The molecule has 22 heavy (non-hydrogen) atoms. The minimum Gasteiger partial charge on any atom is -0.493 e. The summed E-state index contributed by atoms with van der Waals surface area (Å²) in [6, 6.07) is 5.54. The maximum absolute atomic E-state index is 12.6. The number of ether oxygens (including phenoxy) is 3. The van der Waals surface area contributed by atoms with E-state index in [0.29, 0.717) is 47.4 Å². The van der Waals surface area contributed by atoms with Gasteiger partial charge in [-0.15, -0.1) is 0 Å². The number of nitrogens with zero attached hydrogens (tertiary/aromatic N) is 2. The number of benzene rings is 1. The summed E-state index contributed by atoms with van der Waals surface area (Å²) in [6.07, 6.45) is 2.75. The van der Waals surface area contributed by atoms with Gasteiger partial charge in [-0.3, -0.25) is 4.79 Å². The molecule has 0 unspecified atom stereocenters. The van der Waals surface area contributed by atoms with E-state index >= 15 is 0 Å². The van der Waals surface area contributed by atoms with Crippen LogP contribution in [0.2, 0.25) is 0 Å². The SMILES string of the molecule is COc1cc2c(=O)n(CCCC#N)ccc2c(OC)c1OC. The van der Waals surface area contributed by atoms with Crippen LogP contribution in [-0.4, -0.2) is 25.9 Å². The van der Waals surface area contributed by atoms with Gasteiger partial charge in [-0.1, -0.05) is 0 Å². The van der Waals surface area contributed by atoms with Gasteiger partial charge in [0.2, 0.25) is 5.75 Å². The number of unbranched alkanes of at least 4 members (excludes halogenated alkanes) is 1. The molecule has 0 amide bonds. The van der Waals surface area contributed by atoms with Crippen LogP contribution in [-0.2, 0) is 6.54 Å². The summed E-state index contributed by atoms with van der Waals surface area (Å²) in [6.45, 7) is 0.499. The first kappa shape index (κ1) is 15.7. The van der Waals surface area contributed by atoms with Crippen LogP contribution in [0.5, 0.6) is 17.2 Å². The fourth-order valence-electron chi connectivity index (χ4n) is 2.41. The molecule has 0 N–H and O–H groups in total. The molecule has 0 aliphatic carbocycles. The van der Waals surface area contributed by atoms with Gasteiger partial charge in [0.05, 0.1) is 32.8 Å². The zero-order valence-electron chi connectivity index (χ0n) is 12.9. The molecule has 0 bridgehead atoms. The predicted octanol–water partition coefficient (Wildman–Crippen LogP) is 2.33. The van der Waals surface area contributed by atoms with Crippen LogP contribution in [0.25, 0.3) is 10.8 Å². The summed E-state index contributed by atoms with van der Waals surface area (Å²) in [5.74, 6) is 1.37. The van der Waals surface area contributed by atoms with Crippen molar-refractivity contribution in [2.45, 2.75) is 19.4 Å². The average molecular weight is 302 g/mol. The molecule has 116 valence electrons.